The molecule has 0 aliphatic rings. The van der Waals surface area contributed by atoms with Crippen LogP contribution in [0.1, 0.15) is 52.1 Å². The highest BCUT2D eigenvalue weighted by Gasteiger charge is 2.31. The summed E-state index contributed by atoms with van der Waals surface area (Å²) in [5, 5.41) is -0.982. The third-order valence-electron chi connectivity index (χ3n) is 5.19. The van der Waals surface area contributed by atoms with Crippen molar-refractivity contribution in [3.05, 3.63) is 95.1 Å². The molecule has 0 radical (unpaired) electrons. The molecule has 3 rings (SSSR count). The van der Waals surface area contributed by atoms with Crippen LogP contribution in [0.5, 0.6) is 5.75 Å². The molecule has 1 atom stereocenters. The predicted octanol–water partition coefficient (Wildman–Crippen LogP) is 5.88. The Morgan fingerprint density at radius 1 is 0.839 bits per heavy atom. The lowest BCUT2D eigenvalue weighted by atomic mass is 10.0. The van der Waals surface area contributed by atoms with Crippen molar-refractivity contribution in [3.8, 4) is 5.75 Å². The van der Waals surface area contributed by atoms with Crippen LogP contribution in [0.15, 0.2) is 77.7 Å². The second kappa shape index (κ2) is 9.92. The minimum atomic E-state index is -3.77. The fourth-order valence-electron chi connectivity index (χ4n) is 3.32. The Bertz CT molecular complexity index is 1110. The zero-order chi connectivity index (χ0) is 22.4. The largest absolute Gasteiger partial charge is 0.494 e. The fourth-order valence-corrected chi connectivity index (χ4v) is 5.05. The van der Waals surface area contributed by atoms with E-state index in [9.17, 15) is 13.2 Å². The molecule has 0 aliphatic carbocycles. The zero-order valence-corrected chi connectivity index (χ0v) is 19.0. The molecule has 162 valence electrons. The van der Waals surface area contributed by atoms with Gasteiger partial charge in [0.1, 0.15) is 5.75 Å². The molecular formula is C26H28O4S. The Balaban J connectivity index is 1.97. The minimum Gasteiger partial charge on any atom is -0.494 e. The molecule has 0 heterocycles. The van der Waals surface area contributed by atoms with Gasteiger partial charge in [0.2, 0.25) is 0 Å². The molecule has 0 spiro atoms. The molecule has 0 bridgehead atoms. The van der Waals surface area contributed by atoms with Crippen molar-refractivity contribution < 1.29 is 17.9 Å². The summed E-state index contributed by atoms with van der Waals surface area (Å²) in [5.41, 5.74) is 3.11. The topological polar surface area (TPSA) is 60.4 Å². The second-order valence-electron chi connectivity index (χ2n) is 7.76. The number of ketones is 1. The molecule has 0 aromatic heterocycles. The maximum atomic E-state index is 13.5. The highest BCUT2D eigenvalue weighted by atomic mass is 32.2. The Kier molecular flexibility index (Phi) is 7.29. The lowest BCUT2D eigenvalue weighted by Crippen LogP contribution is -2.18. The third kappa shape index (κ3) is 5.61. The monoisotopic (exact) mass is 436 g/mol. The van der Waals surface area contributed by atoms with Gasteiger partial charge in [-0.05, 0) is 50.1 Å². The first kappa shape index (κ1) is 22.8. The van der Waals surface area contributed by atoms with E-state index < -0.39 is 15.1 Å². The van der Waals surface area contributed by atoms with E-state index in [0.717, 1.165) is 17.5 Å². The number of carbonyl (C=O) groups excluding carboxylic acids is 1. The molecule has 0 fully saturated rings. The Morgan fingerprint density at radius 3 is 1.94 bits per heavy atom. The van der Waals surface area contributed by atoms with Gasteiger partial charge < -0.3 is 4.74 Å². The summed E-state index contributed by atoms with van der Waals surface area (Å²) in [7, 11) is -3.77. The number of rotatable bonds is 9. The van der Waals surface area contributed by atoms with Crippen molar-refractivity contribution in [1.29, 1.82) is 0 Å². The smallest absolute Gasteiger partial charge is 0.185 e. The van der Waals surface area contributed by atoms with Crippen LogP contribution in [0.4, 0.5) is 0 Å². The SMILES string of the molecule is CCCOc1ccc([C@@H](CC(=O)c2ccc(C)cc2)S(=O)(=O)c2ccc(C)cc2)cc1. The van der Waals surface area contributed by atoms with Crippen LogP contribution >= 0.6 is 0 Å². The zero-order valence-electron chi connectivity index (χ0n) is 18.2. The van der Waals surface area contributed by atoms with Crippen molar-refractivity contribution in [3.63, 3.8) is 0 Å². The van der Waals surface area contributed by atoms with Crippen LogP contribution < -0.4 is 4.74 Å². The van der Waals surface area contributed by atoms with Crippen LogP contribution in [0.3, 0.4) is 0 Å². The van der Waals surface area contributed by atoms with Gasteiger partial charge in [-0.15, -0.1) is 0 Å². The maximum absolute atomic E-state index is 13.5. The minimum absolute atomic E-state index is 0.131. The van der Waals surface area contributed by atoms with Crippen LogP contribution in [-0.2, 0) is 9.84 Å². The molecule has 0 N–H and O–H groups in total. The van der Waals surface area contributed by atoms with Gasteiger partial charge in [0.25, 0.3) is 0 Å². The van der Waals surface area contributed by atoms with Gasteiger partial charge in [-0.2, -0.15) is 0 Å². The van der Waals surface area contributed by atoms with Gasteiger partial charge in [0, 0.05) is 12.0 Å². The first-order chi connectivity index (χ1) is 14.8. The number of carbonyl (C=O) groups is 1. The number of Topliss-reactive ketones (excluding diaryl/α,β-unsaturated/α-hetero) is 1. The van der Waals surface area contributed by atoms with Crippen molar-refractivity contribution in [2.24, 2.45) is 0 Å². The number of sulfone groups is 1. The molecule has 0 unspecified atom stereocenters. The lowest BCUT2D eigenvalue weighted by molar-refractivity contribution is 0.0980. The Labute approximate surface area is 184 Å². The standard InChI is InChI=1S/C26H28O4S/c1-4-17-30-23-13-11-22(12-14-23)26(18-25(27)21-9-5-19(2)6-10-21)31(28,29)24-15-7-20(3)8-16-24/h5-16,26H,4,17-18H2,1-3H3/t26-/m1/s1. The molecule has 4 nitrogen and oxygen atoms in total. The molecule has 3 aromatic rings. The molecule has 31 heavy (non-hydrogen) atoms. The summed E-state index contributed by atoms with van der Waals surface area (Å²) >= 11 is 0. The normalized spacial score (nSPS) is 12.4. The molecule has 5 heteroatoms. The van der Waals surface area contributed by atoms with E-state index in [-0.39, 0.29) is 17.1 Å². The lowest BCUT2D eigenvalue weighted by Gasteiger charge is -2.19. The van der Waals surface area contributed by atoms with E-state index in [0.29, 0.717) is 23.5 Å². The van der Waals surface area contributed by atoms with E-state index in [4.69, 9.17) is 4.74 Å². The van der Waals surface area contributed by atoms with E-state index in [1.54, 1.807) is 60.7 Å². The van der Waals surface area contributed by atoms with Crippen LogP contribution in [-0.4, -0.2) is 20.8 Å². The van der Waals surface area contributed by atoms with Crippen molar-refractivity contribution in [1.82, 2.24) is 0 Å². The summed E-state index contributed by atoms with van der Waals surface area (Å²) in [6.07, 6.45) is 0.756. The van der Waals surface area contributed by atoms with Crippen molar-refractivity contribution in [2.75, 3.05) is 6.61 Å². The van der Waals surface area contributed by atoms with Crippen LogP contribution in [0.25, 0.3) is 0 Å². The summed E-state index contributed by atoms with van der Waals surface area (Å²) in [4.78, 5) is 13.2. The quantitative estimate of drug-likeness (QED) is 0.393. The van der Waals surface area contributed by atoms with Gasteiger partial charge in [0.05, 0.1) is 16.8 Å². The Morgan fingerprint density at radius 2 is 1.39 bits per heavy atom. The van der Waals surface area contributed by atoms with Crippen LogP contribution in [0.2, 0.25) is 0 Å². The average Bonchev–Trinajstić information content (AvgIpc) is 2.77. The van der Waals surface area contributed by atoms with Gasteiger partial charge in [0.15, 0.2) is 15.6 Å². The summed E-state index contributed by atoms with van der Waals surface area (Å²) in [5.74, 6) is 0.481. The van der Waals surface area contributed by atoms with Gasteiger partial charge >= 0.3 is 0 Å². The predicted molar refractivity (Wildman–Crippen MR) is 123 cm³/mol. The summed E-state index contributed by atoms with van der Waals surface area (Å²) in [6.45, 7) is 6.47. The number of hydrogen-bond acceptors (Lipinski definition) is 4. The first-order valence-corrected chi connectivity index (χ1v) is 12.0. The summed E-state index contributed by atoms with van der Waals surface area (Å²) in [6, 6.07) is 21.0. The maximum Gasteiger partial charge on any atom is 0.185 e. The Hall–Kier alpha value is -2.92. The number of ether oxygens (including phenoxy) is 1. The highest BCUT2D eigenvalue weighted by molar-refractivity contribution is 7.91. The highest BCUT2D eigenvalue weighted by Crippen LogP contribution is 2.34. The van der Waals surface area contributed by atoms with Crippen LogP contribution in [0, 0.1) is 13.8 Å². The van der Waals surface area contributed by atoms with Crippen molar-refractivity contribution >= 4 is 15.6 Å². The number of benzene rings is 3. The average molecular weight is 437 g/mol. The second-order valence-corrected chi connectivity index (χ2v) is 9.89. The number of aryl methyl sites for hydroxylation is 2. The summed E-state index contributed by atoms with van der Waals surface area (Å²) < 4.78 is 32.7. The van der Waals surface area contributed by atoms with E-state index in [1.165, 1.54) is 0 Å². The number of hydrogen-bond donors (Lipinski definition) is 0. The molecular weight excluding hydrogens is 408 g/mol. The van der Waals surface area contributed by atoms with Gasteiger partial charge in [-0.1, -0.05) is 66.6 Å². The van der Waals surface area contributed by atoms with E-state index in [2.05, 4.69) is 0 Å². The fraction of sp³-hybridized carbons (Fsp3) is 0.269. The third-order valence-corrected chi connectivity index (χ3v) is 7.31. The van der Waals surface area contributed by atoms with Crippen molar-refractivity contribution in [2.45, 2.75) is 43.8 Å². The first-order valence-electron chi connectivity index (χ1n) is 10.4. The van der Waals surface area contributed by atoms with E-state index in [1.807, 2.05) is 32.9 Å². The van der Waals surface area contributed by atoms with Gasteiger partial charge in [-0.25, -0.2) is 8.42 Å². The molecule has 3 aromatic carbocycles. The molecule has 0 amide bonds. The van der Waals surface area contributed by atoms with Gasteiger partial charge in [-0.3, -0.25) is 4.79 Å². The molecule has 0 saturated heterocycles. The van der Waals surface area contributed by atoms with E-state index >= 15 is 0 Å². The molecule has 0 saturated carbocycles. The molecule has 0 aliphatic heterocycles.